The zero-order valence-electron chi connectivity index (χ0n) is 17.3. The van der Waals surface area contributed by atoms with Crippen molar-refractivity contribution >= 4 is 11.7 Å². The molecule has 0 saturated carbocycles. The monoisotopic (exact) mass is 419 g/mol. The molecule has 7 heteroatoms. The third-order valence-corrected chi connectivity index (χ3v) is 4.60. The van der Waals surface area contributed by atoms with Crippen LogP contribution in [-0.2, 0) is 13.2 Å². The predicted octanol–water partition coefficient (Wildman–Crippen LogP) is 5.11. The summed E-state index contributed by atoms with van der Waals surface area (Å²) in [7, 11) is 0. The van der Waals surface area contributed by atoms with Crippen LogP contribution in [0.15, 0.2) is 71.3 Å². The maximum Gasteiger partial charge on any atom is 0.292 e. The first kappa shape index (κ1) is 20.4. The van der Waals surface area contributed by atoms with Crippen LogP contribution in [0.2, 0.25) is 0 Å². The Balaban J connectivity index is 1.33. The summed E-state index contributed by atoms with van der Waals surface area (Å²) in [5.74, 6) is 1.19. The molecule has 6 nitrogen and oxygen atoms in total. The normalized spacial score (nSPS) is 10.8. The van der Waals surface area contributed by atoms with E-state index in [2.05, 4.69) is 16.5 Å². The molecule has 158 valence electrons. The van der Waals surface area contributed by atoms with Gasteiger partial charge in [-0.1, -0.05) is 18.2 Å². The number of hydrogen-bond donors (Lipinski definition) is 1. The highest BCUT2D eigenvalue weighted by molar-refractivity contribution is 6.01. The first-order valence-electron chi connectivity index (χ1n) is 9.84. The number of furan rings is 1. The Morgan fingerprint density at radius 3 is 2.55 bits per heavy atom. The molecule has 0 aliphatic rings. The molecule has 4 aromatic rings. The van der Waals surface area contributed by atoms with Gasteiger partial charge in [-0.05, 0) is 66.9 Å². The van der Waals surface area contributed by atoms with Crippen LogP contribution in [0.1, 0.15) is 33.0 Å². The van der Waals surface area contributed by atoms with Gasteiger partial charge in [0.25, 0.3) is 5.91 Å². The number of rotatable bonds is 7. The van der Waals surface area contributed by atoms with Crippen molar-refractivity contribution in [2.24, 2.45) is 0 Å². The quantitative estimate of drug-likeness (QED) is 0.452. The number of aryl methyl sites for hydroxylation is 2. The number of carbonyl (C=O) groups is 1. The summed E-state index contributed by atoms with van der Waals surface area (Å²) in [4.78, 5) is 12.5. The van der Waals surface area contributed by atoms with E-state index in [0.29, 0.717) is 18.1 Å². The van der Waals surface area contributed by atoms with Gasteiger partial charge in [0.2, 0.25) is 0 Å². The molecule has 0 aliphatic heterocycles. The van der Waals surface area contributed by atoms with Crippen LogP contribution < -0.4 is 10.1 Å². The zero-order chi connectivity index (χ0) is 21.8. The molecule has 1 N–H and O–H groups in total. The Morgan fingerprint density at radius 2 is 1.81 bits per heavy atom. The lowest BCUT2D eigenvalue weighted by Gasteiger charge is -2.06. The van der Waals surface area contributed by atoms with Gasteiger partial charge in [0.1, 0.15) is 23.9 Å². The van der Waals surface area contributed by atoms with E-state index in [1.54, 1.807) is 41.2 Å². The van der Waals surface area contributed by atoms with Crippen molar-refractivity contribution in [2.75, 3.05) is 5.32 Å². The number of aromatic nitrogens is 2. The molecule has 0 saturated heterocycles. The molecule has 0 radical (unpaired) electrons. The third-order valence-electron chi connectivity index (χ3n) is 4.60. The van der Waals surface area contributed by atoms with E-state index in [1.165, 1.54) is 12.1 Å². The number of hydrogen-bond acceptors (Lipinski definition) is 4. The molecule has 1 amide bonds. The van der Waals surface area contributed by atoms with Gasteiger partial charge in [0, 0.05) is 12.3 Å². The highest BCUT2D eigenvalue weighted by Crippen LogP contribution is 2.19. The summed E-state index contributed by atoms with van der Waals surface area (Å²) in [5.41, 5.74) is 3.14. The van der Waals surface area contributed by atoms with E-state index >= 15 is 0 Å². The van der Waals surface area contributed by atoms with E-state index in [0.717, 1.165) is 22.4 Å². The van der Waals surface area contributed by atoms with Crippen LogP contribution in [0, 0.1) is 19.7 Å². The molecule has 0 aliphatic carbocycles. The molecule has 4 rings (SSSR count). The van der Waals surface area contributed by atoms with Gasteiger partial charge in [-0.3, -0.25) is 9.48 Å². The maximum atomic E-state index is 13.0. The summed E-state index contributed by atoms with van der Waals surface area (Å²) >= 11 is 0. The van der Waals surface area contributed by atoms with Crippen molar-refractivity contribution in [1.29, 1.82) is 0 Å². The van der Waals surface area contributed by atoms with E-state index < -0.39 is 5.91 Å². The Hall–Kier alpha value is -3.87. The van der Waals surface area contributed by atoms with Crippen molar-refractivity contribution in [1.82, 2.24) is 9.78 Å². The van der Waals surface area contributed by atoms with Crippen LogP contribution in [0.5, 0.6) is 5.75 Å². The molecule has 0 spiro atoms. The van der Waals surface area contributed by atoms with Gasteiger partial charge in [0.15, 0.2) is 11.6 Å². The Kier molecular flexibility index (Phi) is 5.84. The molecule has 0 atom stereocenters. The second-order valence-electron chi connectivity index (χ2n) is 7.36. The molecule has 0 bridgehead atoms. The van der Waals surface area contributed by atoms with Gasteiger partial charge in [-0.25, -0.2) is 4.39 Å². The second kappa shape index (κ2) is 8.87. The largest absolute Gasteiger partial charge is 0.486 e. The predicted molar refractivity (Wildman–Crippen MR) is 115 cm³/mol. The molecular formula is C24H22FN3O3. The van der Waals surface area contributed by atoms with Gasteiger partial charge in [-0.15, -0.1) is 0 Å². The number of nitrogens with zero attached hydrogens (tertiary/aromatic N) is 2. The number of halogens is 1. The fraction of sp³-hybridized carbons (Fsp3) is 0.167. The van der Waals surface area contributed by atoms with Crippen LogP contribution in [0.4, 0.5) is 10.2 Å². The Bertz CT molecular complexity index is 1170. The van der Waals surface area contributed by atoms with Crippen LogP contribution in [-0.4, -0.2) is 15.7 Å². The van der Waals surface area contributed by atoms with E-state index in [-0.39, 0.29) is 18.2 Å². The molecule has 2 aromatic carbocycles. The molecule has 0 unspecified atom stereocenters. The van der Waals surface area contributed by atoms with Crippen molar-refractivity contribution in [3.8, 4) is 5.75 Å². The van der Waals surface area contributed by atoms with Gasteiger partial charge < -0.3 is 14.5 Å². The van der Waals surface area contributed by atoms with Crippen molar-refractivity contribution in [2.45, 2.75) is 27.0 Å². The minimum absolute atomic E-state index is 0.173. The van der Waals surface area contributed by atoms with Crippen molar-refractivity contribution < 1.29 is 18.3 Å². The number of ether oxygens (including phenoxy) is 1. The van der Waals surface area contributed by atoms with Crippen LogP contribution in [0.25, 0.3) is 0 Å². The zero-order valence-corrected chi connectivity index (χ0v) is 17.3. The topological polar surface area (TPSA) is 69.3 Å². The van der Waals surface area contributed by atoms with Crippen LogP contribution >= 0.6 is 0 Å². The lowest BCUT2D eigenvalue weighted by Crippen LogP contribution is -2.12. The fourth-order valence-corrected chi connectivity index (χ4v) is 3.22. The third kappa shape index (κ3) is 5.39. The maximum absolute atomic E-state index is 13.0. The van der Waals surface area contributed by atoms with E-state index in [4.69, 9.17) is 9.15 Å². The summed E-state index contributed by atoms with van der Waals surface area (Å²) in [6.07, 6.45) is 1.74. The van der Waals surface area contributed by atoms with Gasteiger partial charge in [0.05, 0.1) is 6.54 Å². The molecule has 2 aromatic heterocycles. The second-order valence-corrected chi connectivity index (χ2v) is 7.36. The minimum Gasteiger partial charge on any atom is -0.486 e. The summed E-state index contributed by atoms with van der Waals surface area (Å²) < 4.78 is 26.1. The fourth-order valence-electron chi connectivity index (χ4n) is 3.22. The molecular weight excluding hydrogens is 397 g/mol. The SMILES string of the molecule is Cc1cc(C)cc(OCc2ccc(C(=O)Nc3ccn(Cc4ccc(F)cc4)n3)o2)c1. The highest BCUT2D eigenvalue weighted by Gasteiger charge is 2.13. The molecule has 2 heterocycles. The number of benzene rings is 2. The molecule has 31 heavy (non-hydrogen) atoms. The number of anilines is 1. The van der Waals surface area contributed by atoms with Crippen molar-refractivity contribution in [3.63, 3.8) is 0 Å². The number of amides is 1. The Labute approximate surface area is 179 Å². The lowest BCUT2D eigenvalue weighted by atomic mass is 10.1. The summed E-state index contributed by atoms with van der Waals surface area (Å²) in [5, 5.41) is 7.03. The lowest BCUT2D eigenvalue weighted by molar-refractivity contribution is 0.0992. The molecule has 0 fully saturated rings. The smallest absolute Gasteiger partial charge is 0.292 e. The average Bonchev–Trinajstić information content (AvgIpc) is 3.37. The van der Waals surface area contributed by atoms with E-state index in [1.807, 2.05) is 26.0 Å². The van der Waals surface area contributed by atoms with Gasteiger partial charge in [-0.2, -0.15) is 5.10 Å². The summed E-state index contributed by atoms with van der Waals surface area (Å²) in [6, 6.07) is 17.2. The standard InChI is InChI=1S/C24H22FN3O3/c1-16-11-17(2)13-21(12-16)30-15-20-7-8-22(31-20)24(29)26-23-9-10-28(27-23)14-18-3-5-19(25)6-4-18/h3-13H,14-15H2,1-2H3,(H,26,27,29). The number of carbonyl (C=O) groups excluding carboxylic acids is 1. The average molecular weight is 419 g/mol. The summed E-state index contributed by atoms with van der Waals surface area (Å²) in [6.45, 7) is 4.71. The first-order valence-corrected chi connectivity index (χ1v) is 9.84. The van der Waals surface area contributed by atoms with Crippen molar-refractivity contribution in [3.05, 3.63) is 101 Å². The number of nitrogens with one attached hydrogen (secondary N) is 1. The highest BCUT2D eigenvalue weighted by atomic mass is 19.1. The minimum atomic E-state index is -0.398. The first-order chi connectivity index (χ1) is 14.9. The van der Waals surface area contributed by atoms with E-state index in [9.17, 15) is 9.18 Å². The Morgan fingerprint density at radius 1 is 1.06 bits per heavy atom. The van der Waals surface area contributed by atoms with Crippen LogP contribution in [0.3, 0.4) is 0 Å². The van der Waals surface area contributed by atoms with Gasteiger partial charge >= 0.3 is 0 Å².